The molecule has 0 saturated carbocycles. The summed E-state index contributed by atoms with van der Waals surface area (Å²) >= 11 is 3.48. The van der Waals surface area contributed by atoms with Crippen LogP contribution in [0.3, 0.4) is 0 Å². The van der Waals surface area contributed by atoms with E-state index in [1.54, 1.807) is 0 Å². The van der Waals surface area contributed by atoms with Gasteiger partial charge in [-0.05, 0) is 46.3 Å². The maximum absolute atomic E-state index is 6.16. The number of fused-ring (bicyclic) bond motifs is 1. The van der Waals surface area contributed by atoms with Crippen molar-refractivity contribution in [1.29, 1.82) is 0 Å². The second-order valence-corrected chi connectivity index (χ2v) is 6.63. The van der Waals surface area contributed by atoms with Crippen molar-refractivity contribution < 1.29 is 0 Å². The second kappa shape index (κ2) is 4.02. The van der Waals surface area contributed by atoms with Gasteiger partial charge in [-0.3, -0.25) is 4.40 Å². The minimum atomic E-state index is 0.192. The third kappa shape index (κ3) is 2.46. The largest absolute Gasteiger partial charge is 0.383 e. The highest BCUT2D eigenvalue weighted by molar-refractivity contribution is 9.10. The van der Waals surface area contributed by atoms with Crippen LogP contribution >= 0.6 is 15.9 Å². The summed E-state index contributed by atoms with van der Waals surface area (Å²) in [6.45, 7) is 8.63. The first-order valence-electron chi connectivity index (χ1n) is 5.70. The smallest absolute Gasteiger partial charge is 0.141 e. The molecule has 3 nitrogen and oxygen atoms in total. The van der Waals surface area contributed by atoms with Crippen molar-refractivity contribution in [2.24, 2.45) is 5.41 Å². The van der Waals surface area contributed by atoms with E-state index in [-0.39, 0.29) is 5.41 Å². The number of hydrogen-bond acceptors (Lipinski definition) is 2. The summed E-state index contributed by atoms with van der Waals surface area (Å²) in [5.74, 6) is 0.749. The Kier molecular flexibility index (Phi) is 2.94. The molecule has 0 bridgehead atoms. The van der Waals surface area contributed by atoms with E-state index in [4.69, 9.17) is 5.73 Å². The SMILES string of the molecule is Cc1cc(Br)cn2c(N)c(CC(C)(C)C)nc12. The Balaban J connectivity index is 2.61. The Morgan fingerprint density at radius 2 is 2.06 bits per heavy atom. The van der Waals surface area contributed by atoms with E-state index in [9.17, 15) is 0 Å². The summed E-state index contributed by atoms with van der Waals surface area (Å²) < 4.78 is 2.98. The van der Waals surface area contributed by atoms with Crippen molar-refractivity contribution in [3.63, 3.8) is 0 Å². The normalized spacial score (nSPS) is 12.3. The Bertz CT molecular complexity index is 564. The zero-order valence-corrected chi connectivity index (χ0v) is 12.3. The van der Waals surface area contributed by atoms with Gasteiger partial charge in [0, 0.05) is 10.7 Å². The molecule has 92 valence electrons. The fourth-order valence-electron chi connectivity index (χ4n) is 1.97. The minimum Gasteiger partial charge on any atom is -0.383 e. The number of nitrogens with zero attached hydrogens (tertiary/aromatic N) is 2. The molecule has 2 rings (SSSR count). The fourth-order valence-corrected chi connectivity index (χ4v) is 2.51. The number of hydrogen-bond donors (Lipinski definition) is 1. The predicted molar refractivity (Wildman–Crippen MR) is 75.2 cm³/mol. The number of nitrogen functional groups attached to an aromatic ring is 1. The number of imidazole rings is 1. The first kappa shape index (κ1) is 12.4. The Hall–Kier alpha value is -1.03. The molecule has 0 unspecified atom stereocenters. The monoisotopic (exact) mass is 295 g/mol. The minimum absolute atomic E-state index is 0.192. The van der Waals surface area contributed by atoms with Gasteiger partial charge in [-0.2, -0.15) is 0 Å². The molecule has 2 aromatic rings. The van der Waals surface area contributed by atoms with Crippen LogP contribution in [0.25, 0.3) is 5.65 Å². The number of aryl methyl sites for hydroxylation is 1. The molecule has 0 atom stereocenters. The number of anilines is 1. The average Bonchev–Trinajstić information content (AvgIpc) is 2.43. The zero-order chi connectivity index (χ0) is 12.8. The van der Waals surface area contributed by atoms with Crippen LogP contribution in [0.5, 0.6) is 0 Å². The number of halogens is 1. The standard InChI is InChI=1S/C13H18BrN3/c1-8-5-9(14)7-17-11(15)10(16-12(8)17)6-13(2,3)4/h5,7H,6,15H2,1-4H3. The van der Waals surface area contributed by atoms with Gasteiger partial charge in [0.05, 0.1) is 5.69 Å². The van der Waals surface area contributed by atoms with Crippen molar-refractivity contribution in [1.82, 2.24) is 9.38 Å². The van der Waals surface area contributed by atoms with Crippen LogP contribution in [0.15, 0.2) is 16.7 Å². The Labute approximate surface area is 110 Å². The van der Waals surface area contributed by atoms with Gasteiger partial charge in [0.1, 0.15) is 11.5 Å². The lowest BCUT2D eigenvalue weighted by Crippen LogP contribution is -2.11. The summed E-state index contributed by atoms with van der Waals surface area (Å²) in [6, 6.07) is 2.06. The summed E-state index contributed by atoms with van der Waals surface area (Å²) in [5.41, 5.74) is 9.42. The molecule has 0 saturated heterocycles. The molecule has 0 amide bonds. The van der Waals surface area contributed by atoms with Crippen LogP contribution < -0.4 is 5.73 Å². The van der Waals surface area contributed by atoms with Crippen molar-refractivity contribution in [3.8, 4) is 0 Å². The van der Waals surface area contributed by atoms with Crippen molar-refractivity contribution in [2.75, 3.05) is 5.73 Å². The zero-order valence-electron chi connectivity index (χ0n) is 10.7. The number of pyridine rings is 1. The maximum atomic E-state index is 6.16. The molecule has 0 aliphatic rings. The van der Waals surface area contributed by atoms with Gasteiger partial charge >= 0.3 is 0 Å². The van der Waals surface area contributed by atoms with Crippen molar-refractivity contribution in [2.45, 2.75) is 34.1 Å². The van der Waals surface area contributed by atoms with Gasteiger partial charge in [0.15, 0.2) is 0 Å². The molecule has 2 N–H and O–H groups in total. The Morgan fingerprint density at radius 3 is 2.65 bits per heavy atom. The maximum Gasteiger partial charge on any atom is 0.141 e. The van der Waals surface area contributed by atoms with Crippen LogP contribution in [-0.4, -0.2) is 9.38 Å². The lowest BCUT2D eigenvalue weighted by atomic mass is 9.90. The van der Waals surface area contributed by atoms with E-state index >= 15 is 0 Å². The summed E-state index contributed by atoms with van der Waals surface area (Å²) in [6.07, 6.45) is 2.86. The van der Waals surface area contributed by atoms with Gasteiger partial charge in [-0.1, -0.05) is 20.8 Å². The van der Waals surface area contributed by atoms with Gasteiger partial charge in [0.2, 0.25) is 0 Å². The van der Waals surface area contributed by atoms with Gasteiger partial charge in [0.25, 0.3) is 0 Å². The molecule has 0 aliphatic heterocycles. The summed E-state index contributed by atoms with van der Waals surface area (Å²) in [7, 11) is 0. The summed E-state index contributed by atoms with van der Waals surface area (Å²) in [5, 5.41) is 0. The van der Waals surface area contributed by atoms with E-state index in [1.807, 2.05) is 17.5 Å². The topological polar surface area (TPSA) is 43.3 Å². The van der Waals surface area contributed by atoms with Gasteiger partial charge in [-0.15, -0.1) is 0 Å². The second-order valence-electron chi connectivity index (χ2n) is 5.72. The molecule has 0 aliphatic carbocycles. The van der Waals surface area contributed by atoms with Gasteiger partial charge < -0.3 is 5.73 Å². The summed E-state index contributed by atoms with van der Waals surface area (Å²) in [4.78, 5) is 4.66. The van der Waals surface area contributed by atoms with E-state index in [1.165, 1.54) is 0 Å². The van der Waals surface area contributed by atoms with Crippen molar-refractivity contribution in [3.05, 3.63) is 28.0 Å². The van der Waals surface area contributed by atoms with Crippen LogP contribution in [0.2, 0.25) is 0 Å². The lowest BCUT2D eigenvalue weighted by molar-refractivity contribution is 0.408. The third-order valence-electron chi connectivity index (χ3n) is 2.68. The number of aromatic nitrogens is 2. The molecule has 0 aromatic carbocycles. The molecule has 2 heterocycles. The van der Waals surface area contributed by atoms with Crippen molar-refractivity contribution >= 4 is 27.4 Å². The van der Waals surface area contributed by atoms with E-state index < -0.39 is 0 Å². The van der Waals surface area contributed by atoms with E-state index in [0.29, 0.717) is 0 Å². The van der Waals surface area contributed by atoms with E-state index in [2.05, 4.69) is 47.8 Å². The highest BCUT2D eigenvalue weighted by Gasteiger charge is 2.18. The Morgan fingerprint density at radius 1 is 1.41 bits per heavy atom. The quantitative estimate of drug-likeness (QED) is 0.874. The first-order valence-corrected chi connectivity index (χ1v) is 6.50. The average molecular weight is 296 g/mol. The molecule has 0 radical (unpaired) electrons. The highest BCUT2D eigenvalue weighted by Crippen LogP contribution is 2.27. The molecule has 2 aromatic heterocycles. The molecule has 0 spiro atoms. The van der Waals surface area contributed by atoms with Crippen LogP contribution in [0.4, 0.5) is 5.82 Å². The van der Waals surface area contributed by atoms with Gasteiger partial charge in [-0.25, -0.2) is 4.98 Å². The number of nitrogens with two attached hydrogens (primary N) is 1. The lowest BCUT2D eigenvalue weighted by Gasteiger charge is -2.16. The molecular weight excluding hydrogens is 278 g/mol. The molecule has 17 heavy (non-hydrogen) atoms. The van der Waals surface area contributed by atoms with Crippen LogP contribution in [0.1, 0.15) is 32.0 Å². The fraction of sp³-hybridized carbons (Fsp3) is 0.462. The predicted octanol–water partition coefficient (Wildman–Crippen LogP) is 3.58. The molecule has 0 fully saturated rings. The van der Waals surface area contributed by atoms with Crippen LogP contribution in [-0.2, 0) is 6.42 Å². The van der Waals surface area contributed by atoms with Crippen LogP contribution in [0, 0.1) is 12.3 Å². The third-order valence-corrected chi connectivity index (χ3v) is 3.12. The number of rotatable bonds is 1. The molecular formula is C13H18BrN3. The molecule has 4 heteroatoms. The van der Waals surface area contributed by atoms with E-state index in [0.717, 1.165) is 33.6 Å². The first-order chi connectivity index (χ1) is 7.78. The highest BCUT2D eigenvalue weighted by atomic mass is 79.9.